The number of likely N-dealkylation sites (tertiary alicyclic amines) is 1. The van der Waals surface area contributed by atoms with E-state index in [1.165, 1.54) is 4.88 Å². The molecule has 0 aromatic carbocycles. The molecule has 2 fully saturated rings. The van der Waals surface area contributed by atoms with Gasteiger partial charge in [-0.3, -0.25) is 9.69 Å². The van der Waals surface area contributed by atoms with Gasteiger partial charge in [-0.25, -0.2) is 9.67 Å². The average Bonchev–Trinajstić information content (AvgIpc) is 3.38. The van der Waals surface area contributed by atoms with Crippen LogP contribution in [0.25, 0.3) is 0 Å². The van der Waals surface area contributed by atoms with E-state index in [1.54, 1.807) is 17.5 Å². The van der Waals surface area contributed by atoms with Crippen LogP contribution in [0.15, 0.2) is 18.5 Å². The van der Waals surface area contributed by atoms with E-state index >= 15 is 0 Å². The molecule has 1 amide bonds. The SMILES string of the molecule is Cc1ncc(CN2CCC(n3nccc3NC(=O)[C@H]3CCOC3)CC2)s1. The van der Waals surface area contributed by atoms with Gasteiger partial charge in [-0.05, 0) is 26.2 Å². The Hall–Kier alpha value is -1.77. The molecule has 140 valence electrons. The first-order chi connectivity index (χ1) is 12.7. The number of ether oxygens (including phenoxy) is 1. The summed E-state index contributed by atoms with van der Waals surface area (Å²) in [5, 5.41) is 8.65. The first kappa shape index (κ1) is 17.6. The maximum absolute atomic E-state index is 12.4. The standard InChI is InChI=1S/C18H25N5O2S/c1-13-19-10-16(26-13)11-22-7-3-15(4-8-22)23-17(2-6-20-23)21-18(24)14-5-9-25-12-14/h2,6,10,14-15H,3-5,7-9,11-12H2,1H3,(H,21,24)/t14-/m0/s1. The highest BCUT2D eigenvalue weighted by molar-refractivity contribution is 7.11. The molecule has 2 saturated heterocycles. The zero-order valence-corrected chi connectivity index (χ0v) is 15.9. The molecule has 0 unspecified atom stereocenters. The number of hydrogen-bond acceptors (Lipinski definition) is 6. The first-order valence-corrected chi connectivity index (χ1v) is 10.1. The summed E-state index contributed by atoms with van der Waals surface area (Å²) in [5.74, 6) is 0.809. The maximum Gasteiger partial charge on any atom is 0.231 e. The van der Waals surface area contributed by atoms with Crippen LogP contribution in [-0.2, 0) is 16.1 Å². The zero-order chi connectivity index (χ0) is 17.9. The highest BCUT2D eigenvalue weighted by Crippen LogP contribution is 2.27. The maximum atomic E-state index is 12.4. The Bertz CT molecular complexity index is 744. The van der Waals surface area contributed by atoms with Gasteiger partial charge >= 0.3 is 0 Å². The molecule has 2 aliphatic rings. The molecule has 8 heteroatoms. The Morgan fingerprint density at radius 3 is 2.92 bits per heavy atom. The molecule has 4 heterocycles. The highest BCUT2D eigenvalue weighted by Gasteiger charge is 2.27. The van der Waals surface area contributed by atoms with E-state index in [0.717, 1.165) is 49.7 Å². The van der Waals surface area contributed by atoms with Gasteiger partial charge in [0.05, 0.1) is 29.8 Å². The number of nitrogens with zero attached hydrogens (tertiary/aromatic N) is 4. The minimum absolute atomic E-state index is 0.0388. The molecule has 7 nitrogen and oxygen atoms in total. The molecule has 1 N–H and O–H groups in total. The van der Waals surface area contributed by atoms with Crippen molar-refractivity contribution in [3.8, 4) is 0 Å². The van der Waals surface area contributed by atoms with Crippen molar-refractivity contribution in [2.75, 3.05) is 31.6 Å². The average molecular weight is 375 g/mol. The number of anilines is 1. The van der Waals surface area contributed by atoms with Crippen LogP contribution in [0.3, 0.4) is 0 Å². The lowest BCUT2D eigenvalue weighted by Gasteiger charge is -2.32. The van der Waals surface area contributed by atoms with Crippen molar-refractivity contribution in [2.45, 2.75) is 38.8 Å². The first-order valence-electron chi connectivity index (χ1n) is 9.25. The van der Waals surface area contributed by atoms with Crippen LogP contribution in [0.1, 0.15) is 35.2 Å². The second-order valence-corrected chi connectivity index (χ2v) is 8.38. The summed E-state index contributed by atoms with van der Waals surface area (Å²) in [4.78, 5) is 20.5. The largest absolute Gasteiger partial charge is 0.381 e. The van der Waals surface area contributed by atoms with E-state index in [9.17, 15) is 4.79 Å². The third-order valence-corrected chi connectivity index (χ3v) is 6.07. The second kappa shape index (κ2) is 7.85. The lowest BCUT2D eigenvalue weighted by Crippen LogP contribution is -2.35. The van der Waals surface area contributed by atoms with Gasteiger partial charge in [0.2, 0.25) is 5.91 Å². The van der Waals surface area contributed by atoms with Crippen LogP contribution < -0.4 is 5.32 Å². The van der Waals surface area contributed by atoms with E-state index in [1.807, 2.05) is 23.9 Å². The lowest BCUT2D eigenvalue weighted by atomic mass is 10.1. The molecule has 2 aromatic rings. The number of carbonyl (C=O) groups excluding carboxylic acids is 1. The van der Waals surface area contributed by atoms with E-state index in [2.05, 4.69) is 20.3 Å². The number of aryl methyl sites for hydroxylation is 1. The van der Waals surface area contributed by atoms with Crippen LogP contribution >= 0.6 is 11.3 Å². The minimum atomic E-state index is -0.0388. The predicted molar refractivity (Wildman–Crippen MR) is 100 cm³/mol. The number of thiazole rings is 1. The van der Waals surface area contributed by atoms with Gasteiger partial charge in [0, 0.05) is 43.4 Å². The van der Waals surface area contributed by atoms with Crippen molar-refractivity contribution in [2.24, 2.45) is 5.92 Å². The Balaban J connectivity index is 1.33. The van der Waals surface area contributed by atoms with E-state index in [-0.39, 0.29) is 11.8 Å². The minimum Gasteiger partial charge on any atom is -0.381 e. The summed E-state index contributed by atoms with van der Waals surface area (Å²) in [5.41, 5.74) is 0. The molecule has 0 bridgehead atoms. The molecule has 2 aliphatic heterocycles. The van der Waals surface area contributed by atoms with Crippen LogP contribution in [0.4, 0.5) is 5.82 Å². The smallest absolute Gasteiger partial charge is 0.231 e. The predicted octanol–water partition coefficient (Wildman–Crippen LogP) is 2.46. The van der Waals surface area contributed by atoms with Crippen molar-refractivity contribution in [3.05, 3.63) is 28.3 Å². The summed E-state index contributed by atoms with van der Waals surface area (Å²) in [7, 11) is 0. The molecule has 1 atom stereocenters. The van der Waals surface area contributed by atoms with Crippen molar-refractivity contribution in [1.82, 2.24) is 19.7 Å². The topological polar surface area (TPSA) is 72.3 Å². The summed E-state index contributed by atoms with van der Waals surface area (Å²) in [6, 6.07) is 2.22. The third-order valence-electron chi connectivity index (χ3n) is 5.17. The van der Waals surface area contributed by atoms with Gasteiger partial charge in [-0.1, -0.05) is 0 Å². The highest BCUT2D eigenvalue weighted by atomic mass is 32.1. The fourth-order valence-electron chi connectivity index (χ4n) is 3.69. The van der Waals surface area contributed by atoms with E-state index < -0.39 is 0 Å². The fourth-order valence-corrected chi connectivity index (χ4v) is 4.53. The molecule has 0 spiro atoms. The second-order valence-electron chi connectivity index (χ2n) is 7.06. The number of piperidine rings is 1. The molecular weight excluding hydrogens is 350 g/mol. The number of aromatic nitrogens is 3. The van der Waals surface area contributed by atoms with Crippen molar-refractivity contribution in [3.63, 3.8) is 0 Å². The molecule has 0 saturated carbocycles. The number of amides is 1. The molecule has 2 aromatic heterocycles. The van der Waals surface area contributed by atoms with Crippen molar-refractivity contribution < 1.29 is 9.53 Å². The molecule has 0 aliphatic carbocycles. The Labute approximate surface area is 157 Å². The molecule has 0 radical (unpaired) electrons. The summed E-state index contributed by atoms with van der Waals surface area (Å²) >= 11 is 1.77. The van der Waals surface area contributed by atoms with Crippen molar-refractivity contribution in [1.29, 1.82) is 0 Å². The number of carbonyl (C=O) groups is 1. The van der Waals surface area contributed by atoms with Gasteiger partial charge in [0.25, 0.3) is 0 Å². The number of rotatable bonds is 5. The van der Waals surface area contributed by atoms with Gasteiger partial charge in [-0.2, -0.15) is 5.10 Å². The normalized spacial score (nSPS) is 22.0. The van der Waals surface area contributed by atoms with Crippen molar-refractivity contribution >= 4 is 23.1 Å². The van der Waals surface area contributed by atoms with Gasteiger partial charge < -0.3 is 10.1 Å². The van der Waals surface area contributed by atoms with Gasteiger partial charge in [0.15, 0.2) is 0 Å². The van der Waals surface area contributed by atoms with Crippen LogP contribution in [0, 0.1) is 12.8 Å². The monoisotopic (exact) mass is 375 g/mol. The number of hydrogen-bond donors (Lipinski definition) is 1. The third kappa shape index (κ3) is 3.97. The Morgan fingerprint density at radius 2 is 2.23 bits per heavy atom. The quantitative estimate of drug-likeness (QED) is 0.869. The summed E-state index contributed by atoms with van der Waals surface area (Å²) < 4.78 is 7.30. The lowest BCUT2D eigenvalue weighted by molar-refractivity contribution is -0.119. The van der Waals surface area contributed by atoms with Gasteiger partial charge in [-0.15, -0.1) is 11.3 Å². The molecular formula is C18H25N5O2S. The van der Waals surface area contributed by atoms with Crippen LogP contribution in [-0.4, -0.2) is 51.9 Å². The Kier molecular flexibility index (Phi) is 5.33. The van der Waals surface area contributed by atoms with E-state index in [0.29, 0.717) is 19.3 Å². The molecule has 26 heavy (non-hydrogen) atoms. The number of nitrogens with one attached hydrogen (secondary N) is 1. The Morgan fingerprint density at radius 1 is 1.38 bits per heavy atom. The van der Waals surface area contributed by atoms with Crippen LogP contribution in [0.5, 0.6) is 0 Å². The fraction of sp³-hybridized carbons (Fsp3) is 0.611. The van der Waals surface area contributed by atoms with Crippen LogP contribution in [0.2, 0.25) is 0 Å². The summed E-state index contributed by atoms with van der Waals surface area (Å²) in [6.07, 6.45) is 6.63. The summed E-state index contributed by atoms with van der Waals surface area (Å²) in [6.45, 7) is 6.29. The van der Waals surface area contributed by atoms with E-state index in [4.69, 9.17) is 4.74 Å². The molecule has 4 rings (SSSR count). The van der Waals surface area contributed by atoms with Gasteiger partial charge in [0.1, 0.15) is 5.82 Å². The zero-order valence-electron chi connectivity index (χ0n) is 15.1.